The first-order valence-electron chi connectivity index (χ1n) is 6.19. The Kier molecular flexibility index (Phi) is 2.79. The number of hydrogen-bond donors (Lipinski definition) is 1. The first-order chi connectivity index (χ1) is 7.84. The third kappa shape index (κ3) is 1.81. The van der Waals surface area contributed by atoms with E-state index in [-0.39, 0.29) is 0 Å². The molecule has 2 heterocycles. The van der Waals surface area contributed by atoms with Crippen molar-refractivity contribution in [3.05, 3.63) is 5.82 Å². The van der Waals surface area contributed by atoms with Crippen LogP contribution >= 0.6 is 11.8 Å². The van der Waals surface area contributed by atoms with E-state index < -0.39 is 0 Å². The van der Waals surface area contributed by atoms with Crippen LogP contribution < -0.4 is 5.43 Å². The van der Waals surface area contributed by atoms with E-state index in [4.69, 9.17) is 0 Å². The second-order valence-corrected chi connectivity index (χ2v) is 5.84. The number of fused-ring (bicyclic) bond motifs is 1. The average Bonchev–Trinajstić information content (AvgIpc) is 2.73. The Balaban J connectivity index is 1.86. The molecule has 5 heteroatoms. The highest BCUT2D eigenvalue weighted by Gasteiger charge is 2.26. The average molecular weight is 238 g/mol. The molecule has 0 bridgehead atoms. The van der Waals surface area contributed by atoms with E-state index >= 15 is 0 Å². The third-order valence-corrected chi connectivity index (χ3v) is 4.63. The molecule has 1 fully saturated rings. The van der Waals surface area contributed by atoms with Crippen LogP contribution in [0.25, 0.3) is 0 Å². The molecule has 16 heavy (non-hydrogen) atoms. The summed E-state index contributed by atoms with van der Waals surface area (Å²) in [5, 5.41) is 9.71. The molecule has 2 aliphatic rings. The van der Waals surface area contributed by atoms with E-state index in [1.165, 1.54) is 32.1 Å². The van der Waals surface area contributed by atoms with Crippen LogP contribution in [0.2, 0.25) is 0 Å². The Labute approximate surface area is 100 Å². The van der Waals surface area contributed by atoms with Gasteiger partial charge in [-0.15, -0.1) is 10.2 Å². The molecule has 0 spiro atoms. The highest BCUT2D eigenvalue weighted by molar-refractivity contribution is 7.99. The van der Waals surface area contributed by atoms with Crippen LogP contribution in [-0.4, -0.2) is 26.7 Å². The molecular weight excluding hydrogens is 220 g/mol. The molecule has 1 aliphatic heterocycles. The number of hydrogen-bond acceptors (Lipinski definition) is 4. The highest BCUT2D eigenvalue weighted by Crippen LogP contribution is 2.33. The summed E-state index contributed by atoms with van der Waals surface area (Å²) in [4.78, 5) is 0. The molecular formula is C11H18N4S. The Morgan fingerprint density at radius 1 is 1.25 bits per heavy atom. The maximum absolute atomic E-state index is 4.39. The predicted octanol–water partition coefficient (Wildman–Crippen LogP) is 2.36. The smallest absolute Gasteiger partial charge is 0.210 e. The van der Waals surface area contributed by atoms with Crippen LogP contribution in [0, 0.1) is 0 Å². The van der Waals surface area contributed by atoms with Gasteiger partial charge < -0.3 is 5.43 Å². The molecule has 1 atom stereocenters. The summed E-state index contributed by atoms with van der Waals surface area (Å²) in [6, 6.07) is 0.510. The zero-order valence-electron chi connectivity index (χ0n) is 9.65. The Hall–Kier alpha value is -0.710. The predicted molar refractivity (Wildman–Crippen MR) is 65.4 cm³/mol. The van der Waals surface area contributed by atoms with E-state index in [0.717, 1.165) is 16.7 Å². The van der Waals surface area contributed by atoms with Crippen molar-refractivity contribution in [3.8, 4) is 0 Å². The van der Waals surface area contributed by atoms with Crippen molar-refractivity contribution in [1.29, 1.82) is 0 Å². The van der Waals surface area contributed by atoms with Gasteiger partial charge in [-0.3, -0.25) is 0 Å². The van der Waals surface area contributed by atoms with E-state index in [2.05, 4.69) is 27.2 Å². The van der Waals surface area contributed by atoms with Crippen LogP contribution in [0.3, 0.4) is 0 Å². The summed E-state index contributed by atoms with van der Waals surface area (Å²) in [6.07, 6.45) is 6.62. The van der Waals surface area contributed by atoms with Crippen LogP contribution in [0.15, 0.2) is 5.16 Å². The Bertz CT molecular complexity index is 370. The maximum Gasteiger partial charge on any atom is 0.210 e. The van der Waals surface area contributed by atoms with Crippen LogP contribution in [-0.2, 0) is 0 Å². The molecule has 0 saturated heterocycles. The standard InChI is InChI=1S/C11H18N4S/c1-8-7-16-11-13-12-10(15(11)14-8)9-5-3-2-4-6-9/h8-9,14H,2-7H2,1H3. The quantitative estimate of drug-likeness (QED) is 0.815. The third-order valence-electron chi connectivity index (χ3n) is 3.44. The summed E-state index contributed by atoms with van der Waals surface area (Å²) in [5.41, 5.74) is 3.48. The molecule has 1 aromatic rings. The van der Waals surface area contributed by atoms with Crippen molar-refractivity contribution in [2.45, 2.75) is 56.1 Å². The zero-order chi connectivity index (χ0) is 11.0. The lowest BCUT2D eigenvalue weighted by atomic mass is 9.89. The monoisotopic (exact) mass is 238 g/mol. The van der Waals surface area contributed by atoms with Gasteiger partial charge in [-0.2, -0.15) is 0 Å². The van der Waals surface area contributed by atoms with Gasteiger partial charge in [-0.05, 0) is 19.8 Å². The van der Waals surface area contributed by atoms with Crippen molar-refractivity contribution >= 4 is 11.8 Å². The van der Waals surface area contributed by atoms with Crippen LogP contribution in [0.1, 0.15) is 50.8 Å². The van der Waals surface area contributed by atoms with Crippen LogP contribution in [0.4, 0.5) is 0 Å². The molecule has 0 amide bonds. The van der Waals surface area contributed by atoms with Crippen molar-refractivity contribution < 1.29 is 0 Å². The van der Waals surface area contributed by atoms with Gasteiger partial charge in [0.1, 0.15) is 0 Å². The molecule has 1 aromatic heterocycles. The van der Waals surface area contributed by atoms with Gasteiger partial charge in [0.25, 0.3) is 0 Å². The second-order valence-electron chi connectivity index (χ2n) is 4.85. The van der Waals surface area contributed by atoms with Crippen molar-refractivity contribution in [3.63, 3.8) is 0 Å². The fourth-order valence-electron chi connectivity index (χ4n) is 2.58. The van der Waals surface area contributed by atoms with Gasteiger partial charge in [0.05, 0.1) is 0 Å². The molecule has 4 nitrogen and oxygen atoms in total. The number of nitrogens with zero attached hydrogens (tertiary/aromatic N) is 3. The van der Waals surface area contributed by atoms with Gasteiger partial charge in [0, 0.05) is 17.7 Å². The molecule has 0 aromatic carbocycles. The molecule has 3 rings (SSSR count). The number of aromatic nitrogens is 3. The minimum atomic E-state index is 0.510. The fraction of sp³-hybridized carbons (Fsp3) is 0.818. The highest BCUT2D eigenvalue weighted by atomic mass is 32.2. The summed E-state index contributed by atoms with van der Waals surface area (Å²) in [5.74, 6) is 2.87. The molecule has 1 unspecified atom stereocenters. The van der Waals surface area contributed by atoms with Gasteiger partial charge in [-0.1, -0.05) is 31.0 Å². The minimum Gasteiger partial charge on any atom is -0.319 e. The van der Waals surface area contributed by atoms with Gasteiger partial charge in [0.15, 0.2) is 5.82 Å². The topological polar surface area (TPSA) is 42.7 Å². The Morgan fingerprint density at radius 3 is 2.88 bits per heavy atom. The zero-order valence-corrected chi connectivity index (χ0v) is 10.5. The van der Waals surface area contributed by atoms with E-state index in [0.29, 0.717) is 12.0 Å². The molecule has 1 N–H and O–H groups in total. The SMILES string of the molecule is CC1CSc2nnc(C3CCCCC3)n2N1. The van der Waals surface area contributed by atoms with Gasteiger partial charge >= 0.3 is 0 Å². The second kappa shape index (κ2) is 4.28. The summed E-state index contributed by atoms with van der Waals surface area (Å²) < 4.78 is 2.13. The van der Waals surface area contributed by atoms with Crippen molar-refractivity contribution in [1.82, 2.24) is 14.9 Å². The van der Waals surface area contributed by atoms with E-state index in [9.17, 15) is 0 Å². The van der Waals surface area contributed by atoms with E-state index in [1.807, 2.05) is 11.8 Å². The first-order valence-corrected chi connectivity index (χ1v) is 7.18. The summed E-state index contributed by atoms with van der Waals surface area (Å²) in [6.45, 7) is 2.21. The molecule has 0 radical (unpaired) electrons. The number of thioether (sulfide) groups is 1. The number of nitrogens with one attached hydrogen (secondary N) is 1. The van der Waals surface area contributed by atoms with Crippen molar-refractivity contribution in [2.24, 2.45) is 0 Å². The van der Waals surface area contributed by atoms with Gasteiger partial charge in [-0.25, -0.2) is 4.68 Å². The first kappa shape index (κ1) is 10.4. The molecule has 88 valence electrons. The van der Waals surface area contributed by atoms with Crippen molar-refractivity contribution in [2.75, 3.05) is 11.2 Å². The van der Waals surface area contributed by atoms with E-state index in [1.54, 1.807) is 0 Å². The molecule has 1 saturated carbocycles. The lowest BCUT2D eigenvalue weighted by Crippen LogP contribution is -2.33. The Morgan fingerprint density at radius 2 is 2.06 bits per heavy atom. The van der Waals surface area contributed by atoms with Crippen LogP contribution in [0.5, 0.6) is 0 Å². The maximum atomic E-state index is 4.39. The fourth-order valence-corrected chi connectivity index (χ4v) is 3.43. The normalized spacial score (nSPS) is 26.2. The summed E-state index contributed by atoms with van der Waals surface area (Å²) >= 11 is 1.81. The molecule has 1 aliphatic carbocycles. The lowest BCUT2D eigenvalue weighted by molar-refractivity contribution is 0.416. The largest absolute Gasteiger partial charge is 0.319 e. The number of rotatable bonds is 1. The van der Waals surface area contributed by atoms with Gasteiger partial charge in [0.2, 0.25) is 5.16 Å². The lowest BCUT2D eigenvalue weighted by Gasteiger charge is -2.26. The summed E-state index contributed by atoms with van der Waals surface area (Å²) in [7, 11) is 0. The minimum absolute atomic E-state index is 0.510.